The summed E-state index contributed by atoms with van der Waals surface area (Å²) in [6.45, 7) is 6.43. The largest absolute Gasteiger partial charge is 0.468 e. The number of ketones is 1. The molecule has 0 unspecified atom stereocenters. The first kappa shape index (κ1) is 13.8. The topological polar surface area (TPSA) is 43.4 Å². The van der Waals surface area contributed by atoms with Gasteiger partial charge in [0.25, 0.3) is 0 Å². The first-order valence-electron chi connectivity index (χ1n) is 6.51. The molecule has 0 heterocycles. The van der Waals surface area contributed by atoms with Crippen LogP contribution in [0.5, 0.6) is 0 Å². The lowest BCUT2D eigenvalue weighted by Gasteiger charge is -2.38. The molecule has 1 aromatic carbocycles. The minimum Gasteiger partial charge on any atom is -0.468 e. The highest BCUT2D eigenvalue weighted by Gasteiger charge is 2.52. The second-order valence-electron chi connectivity index (χ2n) is 6.29. The van der Waals surface area contributed by atoms with Crippen LogP contribution in [0, 0.1) is 0 Å². The summed E-state index contributed by atoms with van der Waals surface area (Å²) in [6, 6.07) is 7.96. The highest BCUT2D eigenvalue weighted by molar-refractivity contribution is 6.02. The molecule has 0 atom stereocenters. The second-order valence-corrected chi connectivity index (χ2v) is 6.29. The van der Waals surface area contributed by atoms with Crippen LogP contribution >= 0.6 is 0 Å². The molecule has 1 aromatic rings. The number of benzene rings is 1. The van der Waals surface area contributed by atoms with Crippen LogP contribution < -0.4 is 0 Å². The lowest BCUT2D eigenvalue weighted by atomic mass is 9.63. The minimum absolute atomic E-state index is 0.0758. The lowest BCUT2D eigenvalue weighted by Crippen LogP contribution is -2.49. The molecule has 1 saturated carbocycles. The Labute approximate surface area is 114 Å². The molecule has 0 bridgehead atoms. The molecule has 1 fully saturated rings. The van der Waals surface area contributed by atoms with E-state index >= 15 is 0 Å². The standard InChI is InChI=1S/C16H20O3/c1-15(2,3)11-5-7-12(8-6-11)16(14(18)19-4)9-13(17)10-16/h5-8H,9-10H2,1-4H3. The molecule has 0 spiro atoms. The first-order valence-corrected chi connectivity index (χ1v) is 6.51. The Hall–Kier alpha value is -1.64. The number of carbonyl (C=O) groups is 2. The van der Waals surface area contributed by atoms with Crippen LogP contribution in [0.25, 0.3) is 0 Å². The van der Waals surface area contributed by atoms with E-state index in [0.717, 1.165) is 5.56 Å². The van der Waals surface area contributed by atoms with E-state index in [9.17, 15) is 9.59 Å². The predicted octanol–water partition coefficient (Wildman–Crippen LogP) is 2.76. The SMILES string of the molecule is COC(=O)C1(c2ccc(C(C)(C)C)cc2)CC(=O)C1. The zero-order valence-corrected chi connectivity index (χ0v) is 11.9. The molecular weight excluding hydrogens is 240 g/mol. The van der Waals surface area contributed by atoms with E-state index in [-0.39, 0.29) is 30.0 Å². The molecule has 0 radical (unpaired) electrons. The van der Waals surface area contributed by atoms with E-state index in [1.54, 1.807) is 0 Å². The van der Waals surface area contributed by atoms with Gasteiger partial charge in [-0.25, -0.2) is 0 Å². The maximum Gasteiger partial charge on any atom is 0.317 e. The molecule has 0 saturated heterocycles. The molecule has 0 aromatic heterocycles. The number of methoxy groups -OCH3 is 1. The van der Waals surface area contributed by atoms with Gasteiger partial charge in [0, 0.05) is 12.8 Å². The monoisotopic (exact) mass is 260 g/mol. The number of rotatable bonds is 2. The third-order valence-corrected chi connectivity index (χ3v) is 3.88. The maximum absolute atomic E-state index is 12.0. The van der Waals surface area contributed by atoms with Gasteiger partial charge in [-0.2, -0.15) is 0 Å². The fourth-order valence-electron chi connectivity index (χ4n) is 2.57. The van der Waals surface area contributed by atoms with Crippen LogP contribution in [0.15, 0.2) is 24.3 Å². The maximum atomic E-state index is 12.0. The summed E-state index contributed by atoms with van der Waals surface area (Å²) in [5.74, 6) is -0.194. The molecule has 0 amide bonds. The Balaban J connectivity index is 2.35. The van der Waals surface area contributed by atoms with Crippen LogP contribution in [0.3, 0.4) is 0 Å². The van der Waals surface area contributed by atoms with Gasteiger partial charge < -0.3 is 4.74 Å². The lowest BCUT2D eigenvalue weighted by molar-refractivity contribution is -0.156. The number of carbonyl (C=O) groups excluding carboxylic acids is 2. The Kier molecular flexibility index (Phi) is 3.25. The van der Waals surface area contributed by atoms with Crippen molar-refractivity contribution in [3.63, 3.8) is 0 Å². The fourth-order valence-corrected chi connectivity index (χ4v) is 2.57. The highest BCUT2D eigenvalue weighted by atomic mass is 16.5. The van der Waals surface area contributed by atoms with Crippen molar-refractivity contribution < 1.29 is 14.3 Å². The molecule has 3 heteroatoms. The van der Waals surface area contributed by atoms with E-state index in [4.69, 9.17) is 4.74 Å². The summed E-state index contributed by atoms with van der Waals surface area (Å²) in [6.07, 6.45) is 0.517. The fraction of sp³-hybridized carbons (Fsp3) is 0.500. The van der Waals surface area contributed by atoms with Gasteiger partial charge >= 0.3 is 5.97 Å². The molecule has 1 aliphatic carbocycles. The number of ether oxygens (including phenoxy) is 1. The molecule has 102 valence electrons. The van der Waals surface area contributed by atoms with E-state index in [1.807, 2.05) is 24.3 Å². The van der Waals surface area contributed by atoms with Crippen molar-refractivity contribution in [3.05, 3.63) is 35.4 Å². The van der Waals surface area contributed by atoms with Crippen LogP contribution in [0.1, 0.15) is 44.7 Å². The zero-order valence-electron chi connectivity index (χ0n) is 11.9. The van der Waals surface area contributed by atoms with Gasteiger partial charge in [0.2, 0.25) is 0 Å². The molecule has 3 nitrogen and oxygen atoms in total. The molecule has 0 N–H and O–H groups in total. The second kappa shape index (κ2) is 4.48. The summed E-state index contributed by atoms with van der Waals surface area (Å²) < 4.78 is 4.87. The third kappa shape index (κ3) is 2.29. The van der Waals surface area contributed by atoms with Crippen molar-refractivity contribution in [1.29, 1.82) is 0 Å². The third-order valence-electron chi connectivity index (χ3n) is 3.88. The van der Waals surface area contributed by atoms with E-state index in [1.165, 1.54) is 12.7 Å². The van der Waals surface area contributed by atoms with Gasteiger partial charge in [-0.3, -0.25) is 9.59 Å². The average molecular weight is 260 g/mol. The van der Waals surface area contributed by atoms with Crippen molar-refractivity contribution in [1.82, 2.24) is 0 Å². The molecule has 0 aliphatic heterocycles. The van der Waals surface area contributed by atoms with E-state index in [0.29, 0.717) is 0 Å². The van der Waals surface area contributed by atoms with E-state index < -0.39 is 5.41 Å². The predicted molar refractivity (Wildman–Crippen MR) is 73.1 cm³/mol. The van der Waals surface area contributed by atoms with Gasteiger partial charge in [-0.05, 0) is 16.5 Å². The molecular formula is C16H20O3. The first-order chi connectivity index (χ1) is 8.79. The Morgan fingerprint density at radius 3 is 2.05 bits per heavy atom. The summed E-state index contributed by atoms with van der Waals surface area (Å²) in [4.78, 5) is 23.3. The van der Waals surface area contributed by atoms with E-state index in [2.05, 4.69) is 20.8 Å². The van der Waals surface area contributed by atoms with Crippen LogP contribution in [0.2, 0.25) is 0 Å². The van der Waals surface area contributed by atoms with Crippen LogP contribution in [-0.2, 0) is 25.2 Å². The average Bonchev–Trinajstić information content (AvgIpc) is 2.33. The number of esters is 1. The van der Waals surface area contributed by atoms with Crippen molar-refractivity contribution >= 4 is 11.8 Å². The van der Waals surface area contributed by atoms with Crippen LogP contribution in [-0.4, -0.2) is 18.9 Å². The van der Waals surface area contributed by atoms with Gasteiger partial charge in [-0.1, -0.05) is 45.0 Å². The van der Waals surface area contributed by atoms with Crippen molar-refractivity contribution in [2.24, 2.45) is 0 Å². The smallest absolute Gasteiger partial charge is 0.317 e. The Morgan fingerprint density at radius 1 is 1.16 bits per heavy atom. The Bertz CT molecular complexity index is 498. The van der Waals surface area contributed by atoms with Crippen molar-refractivity contribution in [3.8, 4) is 0 Å². The summed E-state index contributed by atoms with van der Waals surface area (Å²) >= 11 is 0. The number of Topliss-reactive ketones (excluding diaryl/α,β-unsaturated/α-hetero) is 1. The highest BCUT2D eigenvalue weighted by Crippen LogP contribution is 2.42. The zero-order chi connectivity index (χ0) is 14.3. The quantitative estimate of drug-likeness (QED) is 0.768. The van der Waals surface area contributed by atoms with Gasteiger partial charge in [0.05, 0.1) is 7.11 Å². The Morgan fingerprint density at radius 2 is 1.68 bits per heavy atom. The van der Waals surface area contributed by atoms with Gasteiger partial charge in [0.15, 0.2) is 0 Å². The van der Waals surface area contributed by atoms with Gasteiger partial charge in [0.1, 0.15) is 11.2 Å². The van der Waals surface area contributed by atoms with Crippen molar-refractivity contribution in [2.45, 2.75) is 44.4 Å². The normalized spacial score (nSPS) is 17.8. The molecule has 19 heavy (non-hydrogen) atoms. The summed E-state index contributed by atoms with van der Waals surface area (Å²) in [5.41, 5.74) is 1.42. The van der Waals surface area contributed by atoms with Crippen molar-refractivity contribution in [2.75, 3.05) is 7.11 Å². The number of hydrogen-bond donors (Lipinski definition) is 0. The minimum atomic E-state index is -0.748. The van der Waals surface area contributed by atoms with Crippen LogP contribution in [0.4, 0.5) is 0 Å². The summed E-state index contributed by atoms with van der Waals surface area (Å²) in [5, 5.41) is 0. The summed E-state index contributed by atoms with van der Waals surface area (Å²) in [7, 11) is 1.37. The number of hydrogen-bond acceptors (Lipinski definition) is 3. The van der Waals surface area contributed by atoms with Gasteiger partial charge in [-0.15, -0.1) is 0 Å². The molecule has 2 rings (SSSR count). The molecule has 1 aliphatic rings.